The SMILES string of the molecule is CCOC(=O)Cl.O=C(O)C1CCCCC1. The van der Waals surface area contributed by atoms with Crippen molar-refractivity contribution in [3.8, 4) is 0 Å². The molecule has 0 bridgehead atoms. The van der Waals surface area contributed by atoms with E-state index < -0.39 is 11.4 Å². The van der Waals surface area contributed by atoms with E-state index in [-0.39, 0.29) is 5.92 Å². The van der Waals surface area contributed by atoms with Gasteiger partial charge in [-0.2, -0.15) is 0 Å². The highest BCUT2D eigenvalue weighted by molar-refractivity contribution is 6.61. The topological polar surface area (TPSA) is 63.6 Å². The number of carboxylic acid groups (broad SMARTS) is 1. The minimum atomic E-state index is -0.738. The number of carboxylic acids is 1. The fourth-order valence-electron chi connectivity index (χ4n) is 1.46. The number of ether oxygens (including phenoxy) is 1. The van der Waals surface area contributed by atoms with Gasteiger partial charge < -0.3 is 9.84 Å². The van der Waals surface area contributed by atoms with Crippen LogP contribution < -0.4 is 0 Å². The van der Waals surface area contributed by atoms with Crippen molar-refractivity contribution in [1.29, 1.82) is 0 Å². The molecule has 0 aliphatic heterocycles. The van der Waals surface area contributed by atoms with Gasteiger partial charge in [0.1, 0.15) is 0 Å². The lowest BCUT2D eigenvalue weighted by molar-refractivity contribution is -0.142. The van der Waals surface area contributed by atoms with Gasteiger partial charge in [0.05, 0.1) is 12.5 Å². The van der Waals surface area contributed by atoms with Crippen molar-refractivity contribution in [3.63, 3.8) is 0 Å². The summed E-state index contributed by atoms with van der Waals surface area (Å²) < 4.78 is 4.17. The van der Waals surface area contributed by atoms with E-state index in [1.54, 1.807) is 6.92 Å². The first-order valence-corrected chi connectivity index (χ1v) is 5.50. The lowest BCUT2D eigenvalue weighted by Crippen LogP contribution is -2.16. The van der Waals surface area contributed by atoms with Crippen LogP contribution in [0, 0.1) is 5.92 Å². The van der Waals surface area contributed by atoms with E-state index in [1.165, 1.54) is 6.42 Å². The molecule has 0 radical (unpaired) electrons. The average molecular weight is 237 g/mol. The third-order valence-electron chi connectivity index (χ3n) is 2.21. The molecule has 0 atom stereocenters. The standard InChI is InChI=1S/C7H12O2.C3H5ClO2/c8-7(9)6-4-2-1-3-5-6;1-2-6-3(4)5/h6H,1-5H2,(H,8,9);2H2,1H3. The molecule has 0 saturated heterocycles. The van der Waals surface area contributed by atoms with Crippen molar-refractivity contribution >= 4 is 23.0 Å². The predicted molar refractivity (Wildman–Crippen MR) is 57.1 cm³/mol. The lowest BCUT2D eigenvalue weighted by atomic mass is 9.90. The molecule has 0 spiro atoms. The van der Waals surface area contributed by atoms with E-state index >= 15 is 0 Å². The Bertz CT molecular complexity index is 200. The third kappa shape index (κ3) is 8.24. The van der Waals surface area contributed by atoms with Gasteiger partial charge in [-0.1, -0.05) is 19.3 Å². The van der Waals surface area contributed by atoms with Crippen molar-refractivity contribution in [2.45, 2.75) is 39.0 Å². The Morgan fingerprint density at radius 3 is 2.07 bits per heavy atom. The Kier molecular flexibility index (Phi) is 8.09. The van der Waals surface area contributed by atoms with Crippen molar-refractivity contribution < 1.29 is 19.4 Å². The van der Waals surface area contributed by atoms with E-state index in [0.717, 1.165) is 25.7 Å². The molecule has 15 heavy (non-hydrogen) atoms. The van der Waals surface area contributed by atoms with Crippen LogP contribution in [0.4, 0.5) is 4.79 Å². The van der Waals surface area contributed by atoms with Crippen LogP contribution in [0.3, 0.4) is 0 Å². The molecule has 5 heteroatoms. The smallest absolute Gasteiger partial charge is 0.403 e. The Hall–Kier alpha value is -0.770. The van der Waals surface area contributed by atoms with E-state index in [4.69, 9.17) is 16.7 Å². The van der Waals surface area contributed by atoms with Crippen LogP contribution in [0.15, 0.2) is 0 Å². The number of aliphatic carboxylic acids is 1. The molecule has 1 N–H and O–H groups in total. The fourth-order valence-corrected chi connectivity index (χ4v) is 1.57. The quantitative estimate of drug-likeness (QED) is 0.749. The highest BCUT2D eigenvalue weighted by Gasteiger charge is 2.19. The Labute approximate surface area is 94.6 Å². The van der Waals surface area contributed by atoms with Gasteiger partial charge in [-0.15, -0.1) is 0 Å². The van der Waals surface area contributed by atoms with Crippen LogP contribution in [0.5, 0.6) is 0 Å². The average Bonchev–Trinajstić information content (AvgIpc) is 2.20. The van der Waals surface area contributed by atoms with Crippen LogP contribution >= 0.6 is 11.6 Å². The Morgan fingerprint density at radius 2 is 1.87 bits per heavy atom. The zero-order valence-corrected chi connectivity index (χ0v) is 9.63. The molecule has 0 heterocycles. The molecule has 1 aliphatic rings. The van der Waals surface area contributed by atoms with E-state index in [0.29, 0.717) is 6.61 Å². The van der Waals surface area contributed by atoms with Crippen LogP contribution in [0.1, 0.15) is 39.0 Å². The monoisotopic (exact) mass is 236 g/mol. The van der Waals surface area contributed by atoms with Crippen molar-refractivity contribution in [2.24, 2.45) is 5.92 Å². The van der Waals surface area contributed by atoms with Gasteiger partial charge in [0.2, 0.25) is 0 Å². The minimum Gasteiger partial charge on any atom is -0.481 e. The van der Waals surface area contributed by atoms with Crippen LogP contribution in [-0.4, -0.2) is 23.1 Å². The highest BCUT2D eigenvalue weighted by Crippen LogP contribution is 2.23. The predicted octanol–water partition coefficient (Wildman–Crippen LogP) is 3.03. The van der Waals surface area contributed by atoms with Crippen LogP contribution in [-0.2, 0) is 9.53 Å². The van der Waals surface area contributed by atoms with Gasteiger partial charge in [0, 0.05) is 11.6 Å². The number of rotatable bonds is 2. The van der Waals surface area contributed by atoms with Gasteiger partial charge in [0.25, 0.3) is 0 Å². The molecule has 0 aromatic carbocycles. The summed E-state index contributed by atoms with van der Waals surface area (Å²) in [7, 11) is 0. The van der Waals surface area contributed by atoms with Crippen LogP contribution in [0.25, 0.3) is 0 Å². The van der Waals surface area contributed by atoms with E-state index in [1.807, 2.05) is 0 Å². The highest BCUT2D eigenvalue weighted by atomic mass is 35.5. The summed E-state index contributed by atoms with van der Waals surface area (Å²) in [5.41, 5.74) is -0.738. The fraction of sp³-hybridized carbons (Fsp3) is 0.800. The maximum atomic E-state index is 10.4. The molecule has 88 valence electrons. The summed E-state index contributed by atoms with van der Waals surface area (Å²) >= 11 is 4.72. The summed E-state index contributed by atoms with van der Waals surface area (Å²) in [5, 5.41) is 8.54. The van der Waals surface area contributed by atoms with Gasteiger partial charge in [0.15, 0.2) is 0 Å². The summed E-state index contributed by atoms with van der Waals surface area (Å²) in [6.07, 6.45) is 5.24. The Balaban J connectivity index is 0.000000288. The zero-order chi connectivity index (χ0) is 11.7. The second-order valence-electron chi connectivity index (χ2n) is 3.34. The van der Waals surface area contributed by atoms with Gasteiger partial charge >= 0.3 is 11.4 Å². The first-order valence-electron chi connectivity index (χ1n) is 5.13. The largest absolute Gasteiger partial charge is 0.481 e. The summed E-state index contributed by atoms with van der Waals surface area (Å²) in [6.45, 7) is 2.04. The number of hydrogen-bond donors (Lipinski definition) is 1. The van der Waals surface area contributed by atoms with Crippen molar-refractivity contribution in [2.75, 3.05) is 6.61 Å². The maximum Gasteiger partial charge on any atom is 0.403 e. The molecular weight excluding hydrogens is 220 g/mol. The molecule has 1 saturated carbocycles. The van der Waals surface area contributed by atoms with Gasteiger partial charge in [-0.05, 0) is 19.8 Å². The molecular formula is C10H17ClO4. The molecule has 1 fully saturated rings. The molecule has 1 aliphatic carbocycles. The van der Waals surface area contributed by atoms with E-state index in [2.05, 4.69) is 4.74 Å². The van der Waals surface area contributed by atoms with Crippen molar-refractivity contribution in [1.82, 2.24) is 0 Å². The number of hydrogen-bond acceptors (Lipinski definition) is 3. The normalized spacial score (nSPS) is 16.1. The zero-order valence-electron chi connectivity index (χ0n) is 8.87. The maximum absolute atomic E-state index is 10.4. The number of carbonyl (C=O) groups excluding carboxylic acids is 1. The molecule has 0 amide bonds. The molecule has 0 aromatic heterocycles. The Morgan fingerprint density at radius 1 is 1.33 bits per heavy atom. The molecule has 1 rings (SSSR count). The first-order chi connectivity index (χ1) is 7.07. The number of carbonyl (C=O) groups is 2. The van der Waals surface area contributed by atoms with Crippen LogP contribution in [0.2, 0.25) is 0 Å². The molecule has 4 nitrogen and oxygen atoms in total. The van der Waals surface area contributed by atoms with E-state index in [9.17, 15) is 9.59 Å². The second kappa shape index (κ2) is 8.53. The van der Waals surface area contributed by atoms with Gasteiger partial charge in [-0.3, -0.25) is 4.79 Å². The third-order valence-corrected chi connectivity index (χ3v) is 2.32. The lowest BCUT2D eigenvalue weighted by Gasteiger charge is -2.16. The summed E-state index contributed by atoms with van der Waals surface area (Å²) in [5.74, 6) is -0.631. The second-order valence-corrected chi connectivity index (χ2v) is 3.65. The molecule has 0 aromatic rings. The summed E-state index contributed by atoms with van der Waals surface area (Å²) in [6, 6.07) is 0. The minimum absolute atomic E-state index is 0.0289. The number of halogens is 1. The summed E-state index contributed by atoms with van der Waals surface area (Å²) in [4.78, 5) is 19.9. The van der Waals surface area contributed by atoms with Gasteiger partial charge in [-0.25, -0.2) is 4.79 Å². The first kappa shape index (κ1) is 14.2. The van der Waals surface area contributed by atoms with Crippen molar-refractivity contribution in [3.05, 3.63) is 0 Å². The molecule has 0 unspecified atom stereocenters.